The second-order valence-corrected chi connectivity index (χ2v) is 4.29. The van der Waals surface area contributed by atoms with Crippen LogP contribution in [0.1, 0.15) is 32.3 Å². The number of nitrogens with two attached hydrogens (primary N) is 1. The lowest BCUT2D eigenvalue weighted by Gasteiger charge is -2.31. The molecule has 0 amide bonds. The van der Waals surface area contributed by atoms with E-state index in [4.69, 9.17) is 10.8 Å². The Morgan fingerprint density at radius 3 is 2.53 bits per heavy atom. The molecule has 4 heteroatoms. The maximum absolute atomic E-state index is 9.16. The van der Waals surface area contributed by atoms with E-state index in [-0.39, 0.29) is 6.61 Å². The largest absolute Gasteiger partial charge is 0.398 e. The zero-order chi connectivity index (χ0) is 12.8. The molecule has 1 heterocycles. The zero-order valence-electron chi connectivity index (χ0n) is 11.0. The summed E-state index contributed by atoms with van der Waals surface area (Å²) in [6.07, 6.45) is 3.86. The normalized spacial score (nSPS) is 10.9. The van der Waals surface area contributed by atoms with Gasteiger partial charge in [-0.3, -0.25) is 0 Å². The Hall–Kier alpha value is -1.29. The minimum Gasteiger partial charge on any atom is -0.398 e. The van der Waals surface area contributed by atoms with E-state index >= 15 is 0 Å². The molecule has 0 bridgehead atoms. The van der Waals surface area contributed by atoms with Crippen LogP contribution in [0.5, 0.6) is 0 Å². The molecule has 0 saturated heterocycles. The van der Waals surface area contributed by atoms with Crippen molar-refractivity contribution in [3.63, 3.8) is 0 Å². The van der Waals surface area contributed by atoms with Crippen molar-refractivity contribution < 1.29 is 5.11 Å². The van der Waals surface area contributed by atoms with Gasteiger partial charge >= 0.3 is 0 Å². The molecule has 17 heavy (non-hydrogen) atoms. The molecule has 1 aromatic rings. The molecule has 1 rings (SSSR count). The SMILES string of the molecule is CCC(CC)N(CCO)c1cc(N)c(C)cn1. The van der Waals surface area contributed by atoms with Crippen molar-refractivity contribution in [2.45, 2.75) is 39.7 Å². The molecule has 4 nitrogen and oxygen atoms in total. The predicted molar refractivity (Wildman–Crippen MR) is 72.2 cm³/mol. The molecule has 0 aromatic carbocycles. The van der Waals surface area contributed by atoms with Gasteiger partial charge in [0.25, 0.3) is 0 Å². The van der Waals surface area contributed by atoms with Gasteiger partial charge in [-0.05, 0) is 25.3 Å². The Morgan fingerprint density at radius 2 is 2.06 bits per heavy atom. The molecule has 0 unspecified atom stereocenters. The number of aromatic nitrogens is 1. The van der Waals surface area contributed by atoms with Crippen molar-refractivity contribution in [3.05, 3.63) is 17.8 Å². The highest BCUT2D eigenvalue weighted by atomic mass is 16.3. The second-order valence-electron chi connectivity index (χ2n) is 4.29. The molecule has 96 valence electrons. The number of aryl methyl sites for hydroxylation is 1. The number of hydrogen-bond donors (Lipinski definition) is 2. The molecule has 0 radical (unpaired) electrons. The first kappa shape index (κ1) is 13.8. The van der Waals surface area contributed by atoms with E-state index in [1.807, 2.05) is 13.0 Å². The summed E-state index contributed by atoms with van der Waals surface area (Å²) in [4.78, 5) is 6.54. The summed E-state index contributed by atoms with van der Waals surface area (Å²) < 4.78 is 0. The summed E-state index contributed by atoms with van der Waals surface area (Å²) in [7, 11) is 0. The fraction of sp³-hybridized carbons (Fsp3) is 0.615. The molecule has 1 aromatic heterocycles. The highest BCUT2D eigenvalue weighted by molar-refractivity contribution is 5.55. The first-order valence-corrected chi connectivity index (χ1v) is 6.23. The molecular weight excluding hydrogens is 214 g/mol. The van der Waals surface area contributed by atoms with Crippen molar-refractivity contribution in [2.75, 3.05) is 23.8 Å². The molecule has 0 saturated carbocycles. The van der Waals surface area contributed by atoms with Crippen molar-refractivity contribution in [3.8, 4) is 0 Å². The maximum atomic E-state index is 9.16. The number of anilines is 2. The summed E-state index contributed by atoms with van der Waals surface area (Å²) in [6.45, 7) is 6.97. The lowest BCUT2D eigenvalue weighted by molar-refractivity contribution is 0.295. The zero-order valence-corrected chi connectivity index (χ0v) is 11.0. The first-order valence-electron chi connectivity index (χ1n) is 6.23. The summed E-state index contributed by atoms with van der Waals surface area (Å²) in [5.74, 6) is 0.857. The number of hydrogen-bond acceptors (Lipinski definition) is 4. The molecule has 0 aliphatic rings. The fourth-order valence-corrected chi connectivity index (χ4v) is 2.01. The lowest BCUT2D eigenvalue weighted by Crippen LogP contribution is -2.37. The van der Waals surface area contributed by atoms with Gasteiger partial charge in [0.15, 0.2) is 0 Å². The van der Waals surface area contributed by atoms with E-state index in [9.17, 15) is 0 Å². The topological polar surface area (TPSA) is 62.4 Å². The molecule has 0 spiro atoms. The van der Waals surface area contributed by atoms with Gasteiger partial charge < -0.3 is 15.7 Å². The van der Waals surface area contributed by atoms with Crippen LogP contribution in [0.4, 0.5) is 11.5 Å². The van der Waals surface area contributed by atoms with Crippen LogP contribution in [0.25, 0.3) is 0 Å². The highest BCUT2D eigenvalue weighted by Crippen LogP contribution is 2.21. The van der Waals surface area contributed by atoms with Crippen LogP contribution < -0.4 is 10.6 Å². The molecule has 0 aliphatic carbocycles. The molecule has 0 atom stereocenters. The third-order valence-electron chi connectivity index (χ3n) is 3.15. The minimum atomic E-state index is 0.131. The van der Waals surface area contributed by atoms with Gasteiger partial charge in [0, 0.05) is 30.5 Å². The van der Waals surface area contributed by atoms with Crippen molar-refractivity contribution in [1.29, 1.82) is 0 Å². The van der Waals surface area contributed by atoms with E-state index in [0.717, 1.165) is 29.9 Å². The van der Waals surface area contributed by atoms with Crippen LogP contribution in [-0.2, 0) is 0 Å². The van der Waals surface area contributed by atoms with Crippen molar-refractivity contribution in [2.24, 2.45) is 0 Å². The van der Waals surface area contributed by atoms with Crippen LogP contribution in [0.2, 0.25) is 0 Å². The Kier molecular flexibility index (Phi) is 5.22. The Labute approximate surface area is 103 Å². The number of nitrogens with zero attached hydrogens (tertiary/aromatic N) is 2. The van der Waals surface area contributed by atoms with Crippen molar-refractivity contribution in [1.82, 2.24) is 4.98 Å². The average Bonchev–Trinajstić information content (AvgIpc) is 2.33. The first-order chi connectivity index (χ1) is 8.13. The summed E-state index contributed by atoms with van der Waals surface area (Å²) >= 11 is 0. The van der Waals surface area contributed by atoms with Gasteiger partial charge in [0.05, 0.1) is 6.61 Å². The molecule has 0 aliphatic heterocycles. The lowest BCUT2D eigenvalue weighted by atomic mass is 10.1. The van der Waals surface area contributed by atoms with Gasteiger partial charge in [-0.15, -0.1) is 0 Å². The van der Waals surface area contributed by atoms with Gasteiger partial charge in [-0.2, -0.15) is 0 Å². The third kappa shape index (κ3) is 3.33. The minimum absolute atomic E-state index is 0.131. The van der Waals surface area contributed by atoms with Crippen LogP contribution in [0.3, 0.4) is 0 Å². The number of pyridine rings is 1. The quantitative estimate of drug-likeness (QED) is 0.794. The van der Waals surface area contributed by atoms with Gasteiger partial charge in [0.2, 0.25) is 0 Å². The molecule has 3 N–H and O–H groups in total. The highest BCUT2D eigenvalue weighted by Gasteiger charge is 2.16. The van der Waals surface area contributed by atoms with E-state index < -0.39 is 0 Å². The number of aliphatic hydroxyl groups is 1. The maximum Gasteiger partial charge on any atom is 0.130 e. The van der Waals surface area contributed by atoms with E-state index in [2.05, 4.69) is 23.7 Å². The Bertz CT molecular complexity index is 351. The van der Waals surface area contributed by atoms with Crippen LogP contribution in [0, 0.1) is 6.92 Å². The molecule has 0 fully saturated rings. The van der Waals surface area contributed by atoms with Crippen LogP contribution in [-0.4, -0.2) is 29.3 Å². The summed E-state index contributed by atoms with van der Waals surface area (Å²) in [5.41, 5.74) is 7.65. The van der Waals surface area contributed by atoms with E-state index in [0.29, 0.717) is 12.6 Å². The van der Waals surface area contributed by atoms with E-state index in [1.165, 1.54) is 0 Å². The fourth-order valence-electron chi connectivity index (χ4n) is 2.01. The average molecular weight is 237 g/mol. The standard InChI is InChI=1S/C13H23N3O/c1-4-11(5-2)16(6-7-17)13-8-12(14)10(3)9-15-13/h8-9,11,17H,4-7H2,1-3H3,(H2,14,15). The van der Waals surface area contributed by atoms with Crippen LogP contribution >= 0.6 is 0 Å². The van der Waals surface area contributed by atoms with Crippen LogP contribution in [0.15, 0.2) is 12.3 Å². The number of nitrogen functional groups attached to an aromatic ring is 1. The number of aliphatic hydroxyl groups excluding tert-OH is 1. The Morgan fingerprint density at radius 1 is 1.41 bits per heavy atom. The smallest absolute Gasteiger partial charge is 0.130 e. The summed E-state index contributed by atoms with van der Waals surface area (Å²) in [6, 6.07) is 2.29. The number of rotatable bonds is 6. The molecular formula is C13H23N3O. The van der Waals surface area contributed by atoms with Crippen molar-refractivity contribution >= 4 is 11.5 Å². The van der Waals surface area contributed by atoms with Gasteiger partial charge in [-0.1, -0.05) is 13.8 Å². The van der Waals surface area contributed by atoms with Gasteiger partial charge in [-0.25, -0.2) is 4.98 Å². The predicted octanol–water partition coefficient (Wildman–Crippen LogP) is 1.96. The second kappa shape index (κ2) is 6.45. The third-order valence-corrected chi connectivity index (χ3v) is 3.15. The Balaban J connectivity index is 2.99. The monoisotopic (exact) mass is 237 g/mol. The van der Waals surface area contributed by atoms with Gasteiger partial charge in [0.1, 0.15) is 5.82 Å². The summed E-state index contributed by atoms with van der Waals surface area (Å²) in [5, 5.41) is 9.16. The van der Waals surface area contributed by atoms with E-state index in [1.54, 1.807) is 6.20 Å².